The van der Waals surface area contributed by atoms with Crippen LogP contribution in [0, 0.1) is 0 Å². The summed E-state index contributed by atoms with van der Waals surface area (Å²) in [5.41, 5.74) is 0.0976. The van der Waals surface area contributed by atoms with Crippen molar-refractivity contribution in [1.29, 1.82) is 0 Å². The van der Waals surface area contributed by atoms with E-state index in [0.717, 1.165) is 25.7 Å². The standard InChI is InChI=1S/C23H25N5O4S/c1-3-16(20(29)24-13-6-10-15(32-2)11-7-13)33-22-17-19(25-18(26-22)12-4-5-12)28(14-8-9-14)23(31)27-21(17)30/h6-7,10-12,14,16H,3-5,8-9H2,1-2H3,(H,24,29)(H,27,30,31). The van der Waals surface area contributed by atoms with E-state index in [9.17, 15) is 14.4 Å². The predicted molar refractivity (Wildman–Crippen MR) is 126 cm³/mol. The fourth-order valence-corrected chi connectivity index (χ4v) is 4.82. The van der Waals surface area contributed by atoms with E-state index in [1.54, 1.807) is 35.9 Å². The number of nitrogens with one attached hydrogen (secondary N) is 2. The van der Waals surface area contributed by atoms with E-state index in [2.05, 4.69) is 15.3 Å². The molecule has 9 nitrogen and oxygen atoms in total. The number of aromatic amines is 1. The van der Waals surface area contributed by atoms with Crippen LogP contribution in [0.15, 0.2) is 38.9 Å². The van der Waals surface area contributed by atoms with Gasteiger partial charge in [-0.05, 0) is 56.4 Å². The van der Waals surface area contributed by atoms with Crippen LogP contribution in [0.4, 0.5) is 5.69 Å². The lowest BCUT2D eigenvalue weighted by molar-refractivity contribution is -0.115. The summed E-state index contributed by atoms with van der Waals surface area (Å²) >= 11 is 1.25. The topological polar surface area (TPSA) is 119 Å². The molecular weight excluding hydrogens is 442 g/mol. The van der Waals surface area contributed by atoms with E-state index in [1.165, 1.54) is 11.8 Å². The molecule has 2 heterocycles. The quantitative estimate of drug-likeness (QED) is 0.386. The number of fused-ring (bicyclic) bond motifs is 1. The molecule has 2 N–H and O–H groups in total. The van der Waals surface area contributed by atoms with E-state index in [-0.39, 0.29) is 23.3 Å². The molecule has 2 aliphatic carbocycles. The van der Waals surface area contributed by atoms with Crippen LogP contribution in [0.2, 0.25) is 0 Å². The molecule has 1 atom stereocenters. The number of benzene rings is 1. The molecule has 10 heteroatoms. The van der Waals surface area contributed by atoms with Gasteiger partial charge >= 0.3 is 5.69 Å². The average molecular weight is 468 g/mol. The van der Waals surface area contributed by atoms with Crippen LogP contribution in [0.1, 0.15) is 56.8 Å². The van der Waals surface area contributed by atoms with Gasteiger partial charge < -0.3 is 10.1 Å². The molecule has 1 amide bonds. The maximum atomic E-state index is 13.0. The Morgan fingerprint density at radius 2 is 1.94 bits per heavy atom. The largest absolute Gasteiger partial charge is 0.497 e. The summed E-state index contributed by atoms with van der Waals surface area (Å²) in [5.74, 6) is 1.41. The van der Waals surface area contributed by atoms with Crippen LogP contribution in [0.25, 0.3) is 11.0 Å². The van der Waals surface area contributed by atoms with E-state index in [1.807, 2.05) is 6.92 Å². The van der Waals surface area contributed by atoms with Gasteiger partial charge in [-0.1, -0.05) is 18.7 Å². The third-order valence-corrected chi connectivity index (χ3v) is 7.25. The van der Waals surface area contributed by atoms with Gasteiger partial charge in [0.25, 0.3) is 5.56 Å². The SMILES string of the molecule is CCC(Sc1nc(C2CC2)nc2c1c(=O)[nH]c(=O)n2C1CC1)C(=O)Nc1ccc(OC)cc1. The highest BCUT2D eigenvalue weighted by Gasteiger charge is 2.33. The van der Waals surface area contributed by atoms with Gasteiger partial charge in [0.15, 0.2) is 5.65 Å². The molecule has 2 aliphatic rings. The molecule has 5 rings (SSSR count). The number of H-pyrrole nitrogens is 1. The van der Waals surface area contributed by atoms with Gasteiger partial charge in [0.2, 0.25) is 5.91 Å². The molecule has 1 unspecified atom stereocenters. The summed E-state index contributed by atoms with van der Waals surface area (Å²) in [6.45, 7) is 1.92. The fourth-order valence-electron chi connectivity index (χ4n) is 3.77. The number of ether oxygens (including phenoxy) is 1. The second kappa shape index (κ2) is 8.66. The first-order valence-corrected chi connectivity index (χ1v) is 12.0. The zero-order valence-corrected chi connectivity index (χ0v) is 19.3. The summed E-state index contributed by atoms with van der Waals surface area (Å²) in [6, 6.07) is 7.16. The number of thioether (sulfide) groups is 1. The van der Waals surface area contributed by atoms with Crippen LogP contribution < -0.4 is 21.3 Å². The van der Waals surface area contributed by atoms with Gasteiger partial charge in [0.05, 0.1) is 12.4 Å². The van der Waals surface area contributed by atoms with Crippen LogP contribution in [-0.2, 0) is 4.79 Å². The number of hydrogen-bond donors (Lipinski definition) is 2. The fraction of sp³-hybridized carbons (Fsp3) is 0.435. The van der Waals surface area contributed by atoms with E-state index >= 15 is 0 Å². The zero-order chi connectivity index (χ0) is 23.1. The molecule has 0 bridgehead atoms. The molecule has 0 saturated heterocycles. The van der Waals surface area contributed by atoms with Crippen molar-refractivity contribution in [1.82, 2.24) is 19.5 Å². The Morgan fingerprint density at radius 1 is 1.21 bits per heavy atom. The van der Waals surface area contributed by atoms with E-state index < -0.39 is 16.5 Å². The van der Waals surface area contributed by atoms with Crippen molar-refractivity contribution >= 4 is 34.4 Å². The number of methoxy groups -OCH3 is 1. The van der Waals surface area contributed by atoms with Crippen LogP contribution in [0.5, 0.6) is 5.75 Å². The highest BCUT2D eigenvalue weighted by molar-refractivity contribution is 8.00. The smallest absolute Gasteiger partial charge is 0.330 e. The van der Waals surface area contributed by atoms with Crippen molar-refractivity contribution in [2.24, 2.45) is 0 Å². The van der Waals surface area contributed by atoms with Crippen molar-refractivity contribution in [2.75, 3.05) is 12.4 Å². The average Bonchev–Trinajstić information content (AvgIpc) is 3.70. The minimum absolute atomic E-state index is 0.0528. The van der Waals surface area contributed by atoms with Crippen LogP contribution in [0.3, 0.4) is 0 Å². The van der Waals surface area contributed by atoms with Gasteiger partial charge in [-0.25, -0.2) is 14.8 Å². The Kier molecular flexibility index (Phi) is 5.69. The van der Waals surface area contributed by atoms with Gasteiger partial charge in [0, 0.05) is 17.6 Å². The van der Waals surface area contributed by atoms with E-state index in [0.29, 0.717) is 34.4 Å². The first kappa shape index (κ1) is 21.7. The lowest BCUT2D eigenvalue weighted by atomic mass is 10.2. The highest BCUT2D eigenvalue weighted by atomic mass is 32.2. The lowest BCUT2D eigenvalue weighted by Gasteiger charge is -2.17. The first-order valence-electron chi connectivity index (χ1n) is 11.2. The molecule has 2 saturated carbocycles. The number of aromatic nitrogens is 4. The van der Waals surface area contributed by atoms with Gasteiger partial charge in [-0.3, -0.25) is 19.1 Å². The predicted octanol–water partition coefficient (Wildman–Crippen LogP) is 3.21. The number of carbonyl (C=O) groups excluding carboxylic acids is 1. The minimum Gasteiger partial charge on any atom is -0.497 e. The number of rotatable bonds is 8. The number of carbonyl (C=O) groups is 1. The molecule has 33 heavy (non-hydrogen) atoms. The number of hydrogen-bond acceptors (Lipinski definition) is 7. The summed E-state index contributed by atoms with van der Waals surface area (Å²) in [4.78, 5) is 50.2. The van der Waals surface area contributed by atoms with Crippen molar-refractivity contribution in [3.05, 3.63) is 50.9 Å². The third kappa shape index (κ3) is 4.39. The van der Waals surface area contributed by atoms with Gasteiger partial charge in [-0.15, -0.1) is 0 Å². The third-order valence-electron chi connectivity index (χ3n) is 5.90. The van der Waals surface area contributed by atoms with Crippen LogP contribution in [-0.4, -0.2) is 37.8 Å². The Balaban J connectivity index is 1.51. The summed E-state index contributed by atoms with van der Waals surface area (Å²) in [5, 5.41) is 3.19. The van der Waals surface area contributed by atoms with Crippen molar-refractivity contribution < 1.29 is 9.53 Å². The Hall–Kier alpha value is -3.14. The first-order chi connectivity index (χ1) is 16.0. The van der Waals surface area contributed by atoms with Gasteiger partial charge in [0.1, 0.15) is 22.0 Å². The van der Waals surface area contributed by atoms with Gasteiger partial charge in [-0.2, -0.15) is 0 Å². The second-order valence-electron chi connectivity index (χ2n) is 8.45. The zero-order valence-electron chi connectivity index (χ0n) is 18.5. The maximum absolute atomic E-state index is 13.0. The summed E-state index contributed by atoms with van der Waals surface area (Å²) < 4.78 is 6.75. The number of anilines is 1. The van der Waals surface area contributed by atoms with Crippen molar-refractivity contribution in [3.63, 3.8) is 0 Å². The molecule has 3 aromatic rings. The Morgan fingerprint density at radius 3 is 2.55 bits per heavy atom. The normalized spacial score (nSPS) is 16.5. The molecule has 0 aliphatic heterocycles. The van der Waals surface area contributed by atoms with E-state index in [4.69, 9.17) is 9.72 Å². The Bertz CT molecular complexity index is 1330. The molecule has 2 aromatic heterocycles. The molecule has 172 valence electrons. The van der Waals surface area contributed by atoms with Crippen molar-refractivity contribution in [3.8, 4) is 5.75 Å². The number of nitrogens with zero attached hydrogens (tertiary/aromatic N) is 3. The summed E-state index contributed by atoms with van der Waals surface area (Å²) in [7, 11) is 1.59. The molecule has 0 spiro atoms. The molecule has 1 aromatic carbocycles. The summed E-state index contributed by atoms with van der Waals surface area (Å²) in [6.07, 6.45) is 4.28. The minimum atomic E-state index is -0.512. The lowest BCUT2D eigenvalue weighted by Crippen LogP contribution is -2.31. The number of amides is 1. The monoisotopic (exact) mass is 467 g/mol. The van der Waals surface area contributed by atoms with Crippen LogP contribution >= 0.6 is 11.8 Å². The highest BCUT2D eigenvalue weighted by Crippen LogP contribution is 2.41. The molecule has 2 fully saturated rings. The second-order valence-corrected chi connectivity index (χ2v) is 9.64. The Labute approximate surface area is 194 Å². The van der Waals surface area contributed by atoms with Crippen molar-refractivity contribution in [2.45, 2.75) is 61.3 Å². The molecule has 0 radical (unpaired) electrons. The molecular formula is C23H25N5O4S. The maximum Gasteiger partial charge on any atom is 0.330 e.